The van der Waals surface area contributed by atoms with Crippen LogP contribution in [0.25, 0.3) is 6.08 Å². The van der Waals surface area contributed by atoms with Crippen molar-refractivity contribution in [3.63, 3.8) is 0 Å². The molecule has 0 saturated carbocycles. The normalized spacial score (nSPS) is 9.60. The van der Waals surface area contributed by atoms with E-state index < -0.39 is 0 Å². The first-order valence-corrected chi connectivity index (χ1v) is 7.36. The highest BCUT2D eigenvalue weighted by Gasteiger charge is 2.10. The fourth-order valence-electron chi connectivity index (χ4n) is 1.35. The second-order valence-electron chi connectivity index (χ2n) is 3.62. The average molecular weight is 366 g/mol. The van der Waals surface area contributed by atoms with Gasteiger partial charge in [0.1, 0.15) is 23.5 Å². The van der Waals surface area contributed by atoms with Gasteiger partial charge in [-0.15, -0.1) is 0 Å². The number of nitrogens with zero attached hydrogens (tertiary/aromatic N) is 2. The molecule has 1 aromatic carbocycles. The van der Waals surface area contributed by atoms with Crippen LogP contribution in [0.4, 0.5) is 0 Å². The molecule has 2 aromatic rings. The number of rotatable bonds is 3. The van der Waals surface area contributed by atoms with Crippen molar-refractivity contribution in [1.29, 1.82) is 10.5 Å². The van der Waals surface area contributed by atoms with Crippen molar-refractivity contribution < 1.29 is 4.42 Å². The molecule has 0 atom stereocenters. The number of nitriles is 2. The van der Waals surface area contributed by atoms with Crippen LogP contribution in [0.3, 0.4) is 0 Å². The van der Waals surface area contributed by atoms with Crippen molar-refractivity contribution in [2.45, 2.75) is 9.99 Å². The van der Waals surface area contributed by atoms with Gasteiger partial charge < -0.3 is 4.42 Å². The number of hydrogen-bond acceptors (Lipinski definition) is 4. The zero-order valence-corrected chi connectivity index (χ0v) is 13.1. The molecule has 0 aliphatic heterocycles. The number of halogens is 2. The van der Waals surface area contributed by atoms with Crippen molar-refractivity contribution in [2.75, 3.05) is 0 Å². The lowest BCUT2D eigenvalue weighted by Gasteiger charge is -1.98. The van der Waals surface area contributed by atoms with Gasteiger partial charge in [-0.2, -0.15) is 10.5 Å². The van der Waals surface area contributed by atoms with Gasteiger partial charge in [0.25, 0.3) is 0 Å². The Hall–Kier alpha value is -1.66. The molecule has 0 spiro atoms. The van der Waals surface area contributed by atoms with Gasteiger partial charge in [-0.05, 0) is 46.3 Å². The Morgan fingerprint density at radius 3 is 2.50 bits per heavy atom. The Labute approximate surface area is 133 Å². The highest BCUT2D eigenvalue weighted by molar-refractivity contribution is 9.10. The van der Waals surface area contributed by atoms with Crippen LogP contribution < -0.4 is 0 Å². The Kier molecular flexibility index (Phi) is 4.92. The summed E-state index contributed by atoms with van der Waals surface area (Å²) in [6, 6.07) is 12.6. The smallest absolute Gasteiger partial charge is 0.179 e. The minimum Gasteiger partial charge on any atom is -0.449 e. The highest BCUT2D eigenvalue weighted by Crippen LogP contribution is 2.36. The maximum Gasteiger partial charge on any atom is 0.179 e. The summed E-state index contributed by atoms with van der Waals surface area (Å²) in [6.45, 7) is 0. The van der Waals surface area contributed by atoms with E-state index in [0.717, 1.165) is 9.37 Å². The maximum absolute atomic E-state index is 8.71. The van der Waals surface area contributed by atoms with Crippen molar-refractivity contribution in [2.24, 2.45) is 0 Å². The molecule has 0 N–H and O–H groups in total. The zero-order chi connectivity index (χ0) is 14.5. The molecule has 20 heavy (non-hydrogen) atoms. The van der Waals surface area contributed by atoms with Gasteiger partial charge >= 0.3 is 0 Å². The standard InChI is InChI=1S/C14H6BrClN2OS/c15-13-6-11(5-9(7-17)8-18)19-14(13)20-12-3-1-10(16)2-4-12/h1-6H. The molecule has 0 aliphatic rings. The lowest BCUT2D eigenvalue weighted by molar-refractivity contribution is 0.463. The van der Waals surface area contributed by atoms with Gasteiger partial charge in [0.05, 0.1) is 4.47 Å². The third-order valence-corrected chi connectivity index (χ3v) is 4.33. The lowest BCUT2D eigenvalue weighted by Crippen LogP contribution is -1.72. The number of allylic oxidation sites excluding steroid dienone is 1. The first-order chi connectivity index (χ1) is 9.62. The van der Waals surface area contributed by atoms with Crippen molar-refractivity contribution in [3.05, 3.63) is 51.2 Å². The summed E-state index contributed by atoms with van der Waals surface area (Å²) >= 11 is 10.6. The van der Waals surface area contributed by atoms with Crippen LogP contribution in [-0.2, 0) is 0 Å². The Morgan fingerprint density at radius 2 is 1.90 bits per heavy atom. The molecule has 0 unspecified atom stereocenters. The van der Waals surface area contributed by atoms with Crippen LogP contribution in [0.15, 0.2) is 54.8 Å². The topological polar surface area (TPSA) is 60.7 Å². The zero-order valence-electron chi connectivity index (χ0n) is 9.93. The third-order valence-electron chi connectivity index (χ3n) is 2.23. The molecular weight excluding hydrogens is 360 g/mol. The van der Waals surface area contributed by atoms with E-state index in [1.807, 2.05) is 12.1 Å². The van der Waals surface area contributed by atoms with E-state index in [2.05, 4.69) is 15.9 Å². The van der Waals surface area contributed by atoms with Crippen LogP contribution in [0.5, 0.6) is 0 Å². The van der Waals surface area contributed by atoms with Crippen molar-refractivity contribution in [3.8, 4) is 12.1 Å². The number of benzene rings is 1. The van der Waals surface area contributed by atoms with Gasteiger partial charge in [-0.25, -0.2) is 0 Å². The van der Waals surface area contributed by atoms with E-state index in [4.69, 9.17) is 26.5 Å². The second kappa shape index (κ2) is 6.67. The summed E-state index contributed by atoms with van der Waals surface area (Å²) in [4.78, 5) is 0.973. The molecule has 0 saturated heterocycles. The summed E-state index contributed by atoms with van der Waals surface area (Å²) in [7, 11) is 0. The number of hydrogen-bond donors (Lipinski definition) is 0. The summed E-state index contributed by atoms with van der Waals surface area (Å²) in [5.41, 5.74) is -0.00528. The first-order valence-electron chi connectivity index (χ1n) is 5.37. The van der Waals surface area contributed by atoms with Crippen molar-refractivity contribution >= 4 is 45.4 Å². The predicted octanol–water partition coefficient (Wildman–Crippen LogP) is 5.28. The third kappa shape index (κ3) is 3.68. The number of furan rings is 1. The molecular formula is C14H6BrClN2OS. The average Bonchev–Trinajstić information content (AvgIpc) is 2.79. The first kappa shape index (κ1) is 14.7. The van der Waals surface area contributed by atoms with Gasteiger partial charge in [0.2, 0.25) is 0 Å². The summed E-state index contributed by atoms with van der Waals surface area (Å²) in [5, 5.41) is 18.7. The minimum absolute atomic E-state index is 0.00528. The van der Waals surface area contributed by atoms with Crippen LogP contribution in [0.1, 0.15) is 5.76 Å². The van der Waals surface area contributed by atoms with Crippen molar-refractivity contribution in [1.82, 2.24) is 0 Å². The molecule has 0 bridgehead atoms. The SMILES string of the molecule is N#CC(C#N)=Cc1cc(Br)c(Sc2ccc(Cl)cc2)o1. The van der Waals surface area contributed by atoms with Crippen LogP contribution in [-0.4, -0.2) is 0 Å². The van der Waals surface area contributed by atoms with E-state index >= 15 is 0 Å². The maximum atomic E-state index is 8.71. The van der Waals surface area contributed by atoms with E-state index in [0.29, 0.717) is 15.9 Å². The van der Waals surface area contributed by atoms with Gasteiger partial charge in [-0.3, -0.25) is 0 Å². The monoisotopic (exact) mass is 364 g/mol. The molecule has 0 amide bonds. The summed E-state index contributed by atoms with van der Waals surface area (Å²) in [5.74, 6) is 0.450. The van der Waals surface area contributed by atoms with E-state index in [1.54, 1.807) is 30.3 Å². The quantitative estimate of drug-likeness (QED) is 0.694. The van der Waals surface area contributed by atoms with Crippen LogP contribution in [0.2, 0.25) is 5.02 Å². The molecule has 3 nitrogen and oxygen atoms in total. The fraction of sp³-hybridized carbons (Fsp3) is 0. The van der Waals surface area contributed by atoms with Crippen LogP contribution in [0, 0.1) is 22.7 Å². The van der Waals surface area contributed by atoms with E-state index in [-0.39, 0.29) is 5.57 Å². The molecule has 0 aliphatic carbocycles. The van der Waals surface area contributed by atoms with Gasteiger partial charge in [0.15, 0.2) is 5.09 Å². The Bertz CT molecular complexity index is 722. The molecule has 1 heterocycles. The lowest BCUT2D eigenvalue weighted by atomic mass is 10.3. The Balaban J connectivity index is 2.25. The predicted molar refractivity (Wildman–Crippen MR) is 81.2 cm³/mol. The summed E-state index contributed by atoms with van der Waals surface area (Å²) in [6.07, 6.45) is 1.40. The Morgan fingerprint density at radius 1 is 1.25 bits per heavy atom. The van der Waals surface area contributed by atoms with Gasteiger partial charge in [-0.1, -0.05) is 23.4 Å². The highest BCUT2D eigenvalue weighted by atomic mass is 79.9. The fourth-order valence-corrected chi connectivity index (χ4v) is 2.81. The molecule has 6 heteroatoms. The molecule has 0 fully saturated rings. The minimum atomic E-state index is -0.00528. The van der Waals surface area contributed by atoms with Gasteiger partial charge in [0, 0.05) is 16.0 Å². The molecule has 98 valence electrons. The van der Waals surface area contributed by atoms with E-state index in [9.17, 15) is 0 Å². The van der Waals surface area contributed by atoms with E-state index in [1.165, 1.54) is 17.8 Å². The molecule has 0 radical (unpaired) electrons. The molecule has 2 rings (SSSR count). The second-order valence-corrected chi connectivity index (χ2v) is 5.96. The largest absolute Gasteiger partial charge is 0.449 e. The molecule has 1 aromatic heterocycles. The summed E-state index contributed by atoms with van der Waals surface area (Å²) < 4.78 is 6.35. The van der Waals surface area contributed by atoms with Crippen LogP contribution >= 0.6 is 39.3 Å².